The lowest BCUT2D eigenvalue weighted by Crippen LogP contribution is -2.37. The Bertz CT molecular complexity index is 450. The van der Waals surface area contributed by atoms with Crippen molar-refractivity contribution in [2.24, 2.45) is 12.0 Å². The van der Waals surface area contributed by atoms with E-state index in [4.69, 9.17) is 6.42 Å². The molecule has 5 nitrogen and oxygen atoms in total. The van der Waals surface area contributed by atoms with Crippen LogP contribution in [0.1, 0.15) is 17.0 Å². The van der Waals surface area contributed by atoms with Crippen molar-refractivity contribution < 1.29 is 0 Å². The standard InChI is InChI=1S/C12H19N5/c1-6-7-14-12(13-4)15-8-11-9(2)16-17(5)10(11)3/h1H,7-8H2,2-5H3,(H2,13,14,15). The fourth-order valence-corrected chi connectivity index (χ4v) is 1.60. The first kappa shape index (κ1) is 13.1. The second-order valence-corrected chi connectivity index (χ2v) is 3.76. The predicted octanol–water partition coefficient (Wildman–Crippen LogP) is 0.335. The van der Waals surface area contributed by atoms with E-state index in [1.165, 1.54) is 5.56 Å². The quantitative estimate of drug-likeness (QED) is 0.449. The molecule has 0 aliphatic carbocycles. The van der Waals surface area contributed by atoms with E-state index >= 15 is 0 Å². The third kappa shape index (κ3) is 3.25. The normalized spacial score (nSPS) is 11.1. The van der Waals surface area contributed by atoms with E-state index in [9.17, 15) is 0 Å². The number of hydrogen-bond donors (Lipinski definition) is 2. The van der Waals surface area contributed by atoms with Gasteiger partial charge < -0.3 is 10.6 Å². The van der Waals surface area contributed by atoms with Gasteiger partial charge in [-0.25, -0.2) is 0 Å². The van der Waals surface area contributed by atoms with Crippen molar-refractivity contribution in [2.45, 2.75) is 20.4 Å². The zero-order chi connectivity index (χ0) is 12.8. The molecule has 0 atom stereocenters. The highest BCUT2D eigenvalue weighted by Gasteiger charge is 2.09. The molecule has 1 aromatic rings. The van der Waals surface area contributed by atoms with Gasteiger partial charge in [-0.1, -0.05) is 5.92 Å². The lowest BCUT2D eigenvalue weighted by atomic mass is 10.2. The van der Waals surface area contributed by atoms with Crippen molar-refractivity contribution >= 4 is 5.96 Å². The Morgan fingerprint density at radius 3 is 2.65 bits per heavy atom. The Kier molecular flexibility index (Phi) is 4.58. The van der Waals surface area contributed by atoms with Crippen LogP contribution in [-0.4, -0.2) is 29.3 Å². The average Bonchev–Trinajstić information content (AvgIpc) is 2.55. The summed E-state index contributed by atoms with van der Waals surface area (Å²) in [7, 11) is 3.66. The Morgan fingerprint density at radius 2 is 2.18 bits per heavy atom. The molecule has 2 N–H and O–H groups in total. The van der Waals surface area contributed by atoms with E-state index in [1.807, 2.05) is 18.7 Å². The summed E-state index contributed by atoms with van der Waals surface area (Å²) in [5, 5.41) is 10.6. The highest BCUT2D eigenvalue weighted by Crippen LogP contribution is 2.10. The molecule has 1 heterocycles. The van der Waals surface area contributed by atoms with E-state index in [-0.39, 0.29) is 0 Å². The Morgan fingerprint density at radius 1 is 1.47 bits per heavy atom. The number of aliphatic imine (C=N–C) groups is 1. The number of hydrogen-bond acceptors (Lipinski definition) is 2. The molecule has 1 rings (SSSR count). The van der Waals surface area contributed by atoms with Crippen LogP contribution in [0.5, 0.6) is 0 Å². The molecule has 0 bridgehead atoms. The summed E-state index contributed by atoms with van der Waals surface area (Å²) in [6, 6.07) is 0. The van der Waals surface area contributed by atoms with E-state index in [0.29, 0.717) is 19.0 Å². The molecule has 1 aromatic heterocycles. The van der Waals surface area contributed by atoms with Crippen LogP contribution in [0.15, 0.2) is 4.99 Å². The smallest absolute Gasteiger partial charge is 0.192 e. The van der Waals surface area contributed by atoms with Gasteiger partial charge in [-0.3, -0.25) is 9.67 Å². The highest BCUT2D eigenvalue weighted by molar-refractivity contribution is 5.79. The van der Waals surface area contributed by atoms with Crippen LogP contribution in [0.25, 0.3) is 0 Å². The summed E-state index contributed by atoms with van der Waals surface area (Å²) in [6.45, 7) is 5.21. The molecule has 5 heteroatoms. The Balaban J connectivity index is 2.64. The largest absolute Gasteiger partial charge is 0.352 e. The number of nitrogens with one attached hydrogen (secondary N) is 2. The Hall–Kier alpha value is -1.96. The molecule has 0 aromatic carbocycles. The topological polar surface area (TPSA) is 54.2 Å². The number of guanidine groups is 1. The second-order valence-electron chi connectivity index (χ2n) is 3.76. The molecule has 0 saturated heterocycles. The zero-order valence-corrected chi connectivity index (χ0v) is 10.8. The van der Waals surface area contributed by atoms with Crippen molar-refractivity contribution in [1.82, 2.24) is 20.4 Å². The van der Waals surface area contributed by atoms with Gasteiger partial charge in [0.05, 0.1) is 12.2 Å². The molecule has 0 radical (unpaired) electrons. The molecule has 17 heavy (non-hydrogen) atoms. The van der Waals surface area contributed by atoms with Gasteiger partial charge in [0.1, 0.15) is 0 Å². The molecule has 0 aliphatic heterocycles. The van der Waals surface area contributed by atoms with E-state index in [0.717, 1.165) is 11.4 Å². The first-order valence-electron chi connectivity index (χ1n) is 5.47. The van der Waals surface area contributed by atoms with Crippen molar-refractivity contribution in [2.75, 3.05) is 13.6 Å². The molecule has 92 valence electrons. The number of aryl methyl sites for hydroxylation is 2. The van der Waals surface area contributed by atoms with Gasteiger partial charge in [-0.15, -0.1) is 6.42 Å². The minimum absolute atomic E-state index is 0.463. The molecule has 0 aliphatic rings. The number of nitrogens with zero attached hydrogens (tertiary/aromatic N) is 3. The van der Waals surface area contributed by atoms with E-state index in [2.05, 4.69) is 33.6 Å². The van der Waals surface area contributed by atoms with Crippen LogP contribution in [0.3, 0.4) is 0 Å². The summed E-state index contributed by atoms with van der Waals surface area (Å²) in [6.07, 6.45) is 5.18. The van der Waals surface area contributed by atoms with Crippen LogP contribution in [-0.2, 0) is 13.6 Å². The summed E-state index contributed by atoms with van der Waals surface area (Å²) in [5.41, 5.74) is 3.38. The molecular weight excluding hydrogens is 214 g/mol. The molecule has 0 fully saturated rings. The third-order valence-electron chi connectivity index (χ3n) is 2.67. The maximum Gasteiger partial charge on any atom is 0.192 e. The van der Waals surface area contributed by atoms with Crippen molar-refractivity contribution in [1.29, 1.82) is 0 Å². The van der Waals surface area contributed by atoms with Crippen molar-refractivity contribution in [3.8, 4) is 12.3 Å². The van der Waals surface area contributed by atoms with E-state index in [1.54, 1.807) is 7.05 Å². The van der Waals surface area contributed by atoms with Crippen LogP contribution in [0.2, 0.25) is 0 Å². The summed E-state index contributed by atoms with van der Waals surface area (Å²) in [5.74, 6) is 3.21. The summed E-state index contributed by atoms with van der Waals surface area (Å²) < 4.78 is 1.88. The van der Waals surface area contributed by atoms with Crippen LogP contribution in [0, 0.1) is 26.2 Å². The van der Waals surface area contributed by atoms with E-state index < -0.39 is 0 Å². The summed E-state index contributed by atoms with van der Waals surface area (Å²) >= 11 is 0. The number of rotatable bonds is 3. The molecular formula is C12H19N5. The first-order chi connectivity index (χ1) is 8.10. The highest BCUT2D eigenvalue weighted by atomic mass is 15.3. The van der Waals surface area contributed by atoms with Gasteiger partial charge in [-0.05, 0) is 13.8 Å². The lowest BCUT2D eigenvalue weighted by molar-refractivity contribution is 0.729. The number of aromatic nitrogens is 2. The van der Waals surface area contributed by atoms with Gasteiger partial charge in [0.2, 0.25) is 0 Å². The first-order valence-corrected chi connectivity index (χ1v) is 5.47. The van der Waals surface area contributed by atoms with Gasteiger partial charge in [-0.2, -0.15) is 5.10 Å². The fraction of sp³-hybridized carbons (Fsp3) is 0.500. The van der Waals surface area contributed by atoms with Gasteiger partial charge in [0.25, 0.3) is 0 Å². The third-order valence-corrected chi connectivity index (χ3v) is 2.67. The van der Waals surface area contributed by atoms with Gasteiger partial charge >= 0.3 is 0 Å². The van der Waals surface area contributed by atoms with Crippen LogP contribution in [0.4, 0.5) is 0 Å². The molecule has 0 spiro atoms. The zero-order valence-electron chi connectivity index (χ0n) is 10.8. The van der Waals surface area contributed by atoms with Crippen molar-refractivity contribution in [3.05, 3.63) is 17.0 Å². The molecule has 0 unspecified atom stereocenters. The van der Waals surface area contributed by atoms with Crippen LogP contribution >= 0.6 is 0 Å². The average molecular weight is 233 g/mol. The number of terminal acetylenes is 1. The molecule has 0 amide bonds. The maximum atomic E-state index is 5.18. The monoisotopic (exact) mass is 233 g/mol. The molecule has 0 saturated carbocycles. The minimum Gasteiger partial charge on any atom is -0.352 e. The predicted molar refractivity (Wildman–Crippen MR) is 69.7 cm³/mol. The van der Waals surface area contributed by atoms with Gasteiger partial charge in [0.15, 0.2) is 5.96 Å². The van der Waals surface area contributed by atoms with Crippen molar-refractivity contribution in [3.63, 3.8) is 0 Å². The SMILES string of the molecule is C#CCNC(=NC)NCc1c(C)nn(C)c1C. The maximum absolute atomic E-state index is 5.18. The fourth-order valence-electron chi connectivity index (χ4n) is 1.60. The summed E-state index contributed by atoms with van der Waals surface area (Å²) in [4.78, 5) is 4.08. The Labute approximate surface area is 102 Å². The lowest BCUT2D eigenvalue weighted by Gasteiger charge is -2.10. The van der Waals surface area contributed by atoms with Crippen LogP contribution < -0.4 is 10.6 Å². The minimum atomic E-state index is 0.463. The van der Waals surface area contributed by atoms with Gasteiger partial charge in [0, 0.05) is 31.9 Å². The second kappa shape index (κ2) is 5.94.